The second-order valence-electron chi connectivity index (χ2n) is 4.46. The molecule has 0 amide bonds. The molecule has 1 unspecified atom stereocenters. The van der Waals surface area contributed by atoms with Crippen molar-refractivity contribution >= 4 is 11.3 Å². The molecule has 1 aromatic rings. The highest BCUT2D eigenvalue weighted by molar-refractivity contribution is 7.11. The van der Waals surface area contributed by atoms with Crippen LogP contribution in [0.5, 0.6) is 0 Å². The van der Waals surface area contributed by atoms with Crippen molar-refractivity contribution < 1.29 is 4.74 Å². The van der Waals surface area contributed by atoms with Gasteiger partial charge in [0.2, 0.25) is 0 Å². The largest absolute Gasteiger partial charge is 0.384 e. The summed E-state index contributed by atoms with van der Waals surface area (Å²) in [4.78, 5) is 5.98. The molecule has 1 atom stereocenters. The van der Waals surface area contributed by atoms with Gasteiger partial charge in [-0.2, -0.15) is 0 Å². The quantitative estimate of drug-likeness (QED) is 0.829. The maximum atomic E-state index is 5.08. The normalized spacial score (nSPS) is 17.7. The molecule has 1 saturated carbocycles. The Morgan fingerprint density at radius 2 is 2.31 bits per heavy atom. The molecule has 2 rings (SSSR count). The molecule has 0 radical (unpaired) electrons. The third-order valence-corrected chi connectivity index (χ3v) is 4.25. The topological polar surface area (TPSA) is 34.1 Å². The lowest BCUT2D eigenvalue weighted by Crippen LogP contribution is -2.20. The summed E-state index contributed by atoms with van der Waals surface area (Å²) in [6, 6.07) is 1.19. The average molecular weight is 240 g/mol. The third kappa shape index (κ3) is 3.03. The molecule has 0 spiro atoms. The average Bonchev–Trinajstić information content (AvgIpc) is 2.97. The van der Waals surface area contributed by atoms with Gasteiger partial charge in [-0.05, 0) is 26.7 Å². The highest BCUT2D eigenvalue weighted by Crippen LogP contribution is 2.29. The van der Waals surface area contributed by atoms with Crippen LogP contribution in [-0.4, -0.2) is 24.7 Å². The van der Waals surface area contributed by atoms with Gasteiger partial charge in [-0.25, -0.2) is 4.98 Å². The molecule has 1 aromatic heterocycles. The van der Waals surface area contributed by atoms with Crippen LogP contribution >= 0.6 is 11.3 Å². The number of rotatable bonds is 6. The van der Waals surface area contributed by atoms with E-state index in [1.54, 1.807) is 7.11 Å². The smallest absolute Gasteiger partial charge is 0.0954 e. The van der Waals surface area contributed by atoms with Crippen molar-refractivity contribution in [2.24, 2.45) is 0 Å². The summed E-state index contributed by atoms with van der Waals surface area (Å²) in [6.45, 7) is 5.10. The molecule has 0 aromatic carbocycles. The molecule has 0 aliphatic heterocycles. The van der Waals surface area contributed by atoms with E-state index in [1.807, 2.05) is 11.3 Å². The summed E-state index contributed by atoms with van der Waals surface area (Å²) in [5.41, 5.74) is 1.18. The Labute approximate surface area is 101 Å². The number of aryl methyl sites for hydroxylation is 1. The SMILES string of the molecule is COCCc1nc(C)c(C(C)NC2CC2)s1. The Morgan fingerprint density at radius 3 is 2.94 bits per heavy atom. The minimum absolute atomic E-state index is 0.446. The first-order chi connectivity index (χ1) is 7.70. The lowest BCUT2D eigenvalue weighted by Gasteiger charge is -2.11. The number of aromatic nitrogens is 1. The predicted octanol–water partition coefficient (Wildman–Crippen LogP) is 2.45. The zero-order chi connectivity index (χ0) is 11.5. The van der Waals surface area contributed by atoms with E-state index < -0.39 is 0 Å². The summed E-state index contributed by atoms with van der Waals surface area (Å²) in [6.07, 6.45) is 3.59. The Bertz CT molecular complexity index is 347. The molecular formula is C12H20N2OS. The summed E-state index contributed by atoms with van der Waals surface area (Å²) in [5.74, 6) is 0. The molecule has 0 bridgehead atoms. The highest BCUT2D eigenvalue weighted by Gasteiger charge is 2.25. The molecule has 0 saturated heterocycles. The van der Waals surface area contributed by atoms with E-state index in [-0.39, 0.29) is 0 Å². The zero-order valence-corrected chi connectivity index (χ0v) is 11.1. The van der Waals surface area contributed by atoms with Crippen molar-refractivity contribution in [1.29, 1.82) is 0 Å². The number of hydrogen-bond acceptors (Lipinski definition) is 4. The van der Waals surface area contributed by atoms with Crippen LogP contribution < -0.4 is 5.32 Å². The van der Waals surface area contributed by atoms with E-state index in [2.05, 4.69) is 24.1 Å². The zero-order valence-electron chi connectivity index (χ0n) is 10.2. The summed E-state index contributed by atoms with van der Waals surface area (Å²) in [7, 11) is 1.73. The second-order valence-corrected chi connectivity index (χ2v) is 5.58. The summed E-state index contributed by atoms with van der Waals surface area (Å²) < 4.78 is 5.08. The molecule has 1 heterocycles. The Morgan fingerprint density at radius 1 is 1.56 bits per heavy atom. The number of methoxy groups -OCH3 is 1. The van der Waals surface area contributed by atoms with Crippen molar-refractivity contribution in [2.45, 2.75) is 45.2 Å². The van der Waals surface area contributed by atoms with Crippen LogP contribution in [0.2, 0.25) is 0 Å². The minimum atomic E-state index is 0.446. The fourth-order valence-electron chi connectivity index (χ4n) is 1.84. The molecule has 16 heavy (non-hydrogen) atoms. The summed E-state index contributed by atoms with van der Waals surface area (Å²) in [5, 5.41) is 4.81. The van der Waals surface area contributed by atoms with Gasteiger partial charge < -0.3 is 10.1 Å². The Balaban J connectivity index is 1.98. The highest BCUT2D eigenvalue weighted by atomic mass is 32.1. The van der Waals surface area contributed by atoms with Gasteiger partial charge in [0, 0.05) is 30.5 Å². The molecule has 90 valence electrons. The predicted molar refractivity (Wildman–Crippen MR) is 67.0 cm³/mol. The lowest BCUT2D eigenvalue weighted by molar-refractivity contribution is 0.202. The maximum absolute atomic E-state index is 5.08. The van der Waals surface area contributed by atoms with Crippen LogP contribution in [0.25, 0.3) is 0 Å². The van der Waals surface area contributed by atoms with Crippen molar-refractivity contribution in [3.05, 3.63) is 15.6 Å². The first kappa shape index (κ1) is 12.0. The van der Waals surface area contributed by atoms with E-state index in [4.69, 9.17) is 4.74 Å². The van der Waals surface area contributed by atoms with E-state index in [0.717, 1.165) is 19.1 Å². The molecule has 1 aliphatic rings. The van der Waals surface area contributed by atoms with E-state index >= 15 is 0 Å². The second kappa shape index (κ2) is 5.25. The van der Waals surface area contributed by atoms with Crippen LogP contribution in [0.15, 0.2) is 0 Å². The standard InChI is InChI=1S/C12H20N2OS/c1-8(13-10-4-5-10)12-9(2)14-11(16-12)6-7-15-3/h8,10,13H,4-7H2,1-3H3. The third-order valence-electron chi connectivity index (χ3n) is 2.85. The Kier molecular flexibility index (Phi) is 3.95. The number of nitrogens with zero attached hydrogens (tertiary/aromatic N) is 1. The van der Waals surface area contributed by atoms with Crippen molar-refractivity contribution in [3.8, 4) is 0 Å². The van der Waals surface area contributed by atoms with Gasteiger partial charge in [0.05, 0.1) is 17.3 Å². The molecule has 1 fully saturated rings. The van der Waals surface area contributed by atoms with Crippen LogP contribution in [-0.2, 0) is 11.2 Å². The molecule has 1 N–H and O–H groups in total. The van der Waals surface area contributed by atoms with E-state index in [9.17, 15) is 0 Å². The monoisotopic (exact) mass is 240 g/mol. The van der Waals surface area contributed by atoms with Crippen molar-refractivity contribution in [2.75, 3.05) is 13.7 Å². The fourth-order valence-corrected chi connectivity index (χ4v) is 2.90. The van der Waals surface area contributed by atoms with Gasteiger partial charge >= 0.3 is 0 Å². The molecule has 1 aliphatic carbocycles. The van der Waals surface area contributed by atoms with Gasteiger partial charge in [-0.15, -0.1) is 11.3 Å². The van der Waals surface area contributed by atoms with Crippen LogP contribution in [0, 0.1) is 6.92 Å². The fraction of sp³-hybridized carbons (Fsp3) is 0.750. The van der Waals surface area contributed by atoms with E-state index in [1.165, 1.54) is 28.4 Å². The number of nitrogens with one attached hydrogen (secondary N) is 1. The van der Waals surface area contributed by atoms with Gasteiger partial charge in [-0.3, -0.25) is 0 Å². The lowest BCUT2D eigenvalue weighted by atomic mass is 10.2. The first-order valence-corrected chi connectivity index (χ1v) is 6.73. The van der Waals surface area contributed by atoms with Gasteiger partial charge in [0.1, 0.15) is 0 Å². The number of hydrogen-bond donors (Lipinski definition) is 1. The molecule has 4 heteroatoms. The van der Waals surface area contributed by atoms with Gasteiger partial charge in [0.15, 0.2) is 0 Å². The van der Waals surface area contributed by atoms with Crippen LogP contribution in [0.4, 0.5) is 0 Å². The first-order valence-electron chi connectivity index (χ1n) is 5.92. The van der Waals surface area contributed by atoms with Crippen molar-refractivity contribution in [1.82, 2.24) is 10.3 Å². The van der Waals surface area contributed by atoms with Crippen molar-refractivity contribution in [3.63, 3.8) is 0 Å². The molecular weight excluding hydrogens is 220 g/mol. The van der Waals surface area contributed by atoms with Gasteiger partial charge in [0.25, 0.3) is 0 Å². The Hall–Kier alpha value is -0.450. The summed E-state index contributed by atoms with van der Waals surface area (Å²) >= 11 is 1.82. The molecule has 3 nitrogen and oxygen atoms in total. The van der Waals surface area contributed by atoms with Crippen LogP contribution in [0.3, 0.4) is 0 Å². The number of ether oxygens (including phenoxy) is 1. The van der Waals surface area contributed by atoms with Gasteiger partial charge in [-0.1, -0.05) is 0 Å². The number of thiazole rings is 1. The van der Waals surface area contributed by atoms with Crippen LogP contribution in [0.1, 0.15) is 41.4 Å². The van der Waals surface area contributed by atoms with E-state index in [0.29, 0.717) is 6.04 Å². The minimum Gasteiger partial charge on any atom is -0.384 e. The maximum Gasteiger partial charge on any atom is 0.0954 e.